The van der Waals surface area contributed by atoms with E-state index in [1.165, 1.54) is 33.4 Å². The van der Waals surface area contributed by atoms with E-state index in [0.29, 0.717) is 93.0 Å². The lowest BCUT2D eigenvalue weighted by Gasteiger charge is -2.35. The number of nitrogens with zero attached hydrogens (tertiary/aromatic N) is 9. The van der Waals surface area contributed by atoms with E-state index >= 15 is 0 Å². The van der Waals surface area contributed by atoms with Gasteiger partial charge in [-0.2, -0.15) is 0 Å². The van der Waals surface area contributed by atoms with E-state index in [-0.39, 0.29) is 97.6 Å². The van der Waals surface area contributed by atoms with Gasteiger partial charge in [-0.25, -0.2) is 9.59 Å². The summed E-state index contributed by atoms with van der Waals surface area (Å²) in [6.07, 6.45) is 11.2. The van der Waals surface area contributed by atoms with Gasteiger partial charge in [0.2, 0.25) is 11.8 Å². The summed E-state index contributed by atoms with van der Waals surface area (Å²) in [5, 5.41) is 57.4. The number of likely N-dealkylation sites (N-methyl/N-ethyl adjacent to an activating group) is 1. The third-order valence-electron chi connectivity index (χ3n) is 19.8. The molecule has 0 radical (unpaired) electrons. The predicted molar refractivity (Wildman–Crippen MR) is 532 cm³/mol. The maximum Gasteiger partial charge on any atom is 0.410 e. The summed E-state index contributed by atoms with van der Waals surface area (Å²) in [5.74, 6) is 4.20. The highest BCUT2D eigenvalue weighted by Gasteiger charge is 2.29. The van der Waals surface area contributed by atoms with E-state index in [0.717, 1.165) is 166 Å². The molecule has 4 amide bonds. The van der Waals surface area contributed by atoms with Crippen LogP contribution in [0.3, 0.4) is 0 Å². The minimum atomic E-state index is -0.805. The van der Waals surface area contributed by atoms with Crippen molar-refractivity contribution in [3.63, 3.8) is 0 Å². The number of phenolic OH excluding ortho intramolecular Hbond substituents is 1. The monoisotopic (exact) mass is 1910 g/mol. The minimum absolute atomic E-state index is 0. The number of nitrogens with one attached hydrogen (secondary N) is 1. The number of carbonyl (C=O) groups is 5. The van der Waals surface area contributed by atoms with Crippen molar-refractivity contribution in [3.05, 3.63) is 147 Å². The van der Waals surface area contributed by atoms with Gasteiger partial charge in [-0.05, 0) is 222 Å². The molecule has 5 unspecified atom stereocenters. The van der Waals surface area contributed by atoms with E-state index in [9.17, 15) is 39.3 Å². The minimum Gasteiger partial charge on any atom is -0.508 e. The molecule has 5 aromatic carbocycles. The number of hydrogen-bond donors (Lipinski definition) is 7. The normalized spacial score (nSPS) is 15.8. The number of carbonyl (C=O) groups excluding carboxylic acids is 4. The number of aliphatic hydroxyl groups is 4. The molecule has 5 heterocycles. The molecule has 5 fully saturated rings. The molecule has 7 N–H and O–H groups in total. The Morgan fingerprint density at radius 1 is 0.373 bits per heavy atom. The number of ether oxygens (including phenoxy) is 6. The number of hydrogen-bond acceptors (Lipinski definition) is 25. The molecule has 27 nitrogen and oxygen atoms in total. The average molecular weight is 1910 g/mol. The maximum absolute atomic E-state index is 12.1. The highest BCUT2D eigenvalue weighted by molar-refractivity contribution is 8.29. The van der Waals surface area contributed by atoms with Crippen LogP contribution in [0.4, 0.5) is 9.59 Å². The molecule has 5 aliphatic rings. The molecule has 5 saturated heterocycles. The summed E-state index contributed by atoms with van der Waals surface area (Å²) in [7, 11) is 5.85. The summed E-state index contributed by atoms with van der Waals surface area (Å²) in [4.78, 5) is 75.9. The molecule has 0 saturated carbocycles. The van der Waals surface area contributed by atoms with Gasteiger partial charge in [0.1, 0.15) is 66.9 Å². The first-order valence-electron chi connectivity index (χ1n) is 42.9. The summed E-state index contributed by atoms with van der Waals surface area (Å²) in [5.41, 5.74) is 9.79. The third-order valence-corrected chi connectivity index (χ3v) is 22.8. The van der Waals surface area contributed by atoms with Crippen molar-refractivity contribution in [1.82, 2.24) is 49.4 Å². The van der Waals surface area contributed by atoms with Gasteiger partial charge in [-0.3, -0.25) is 34.0 Å². The van der Waals surface area contributed by atoms with Gasteiger partial charge in [-0.15, -0.1) is 46.2 Å². The maximum atomic E-state index is 12.1. The lowest BCUT2D eigenvalue weighted by atomic mass is 10.1. The van der Waals surface area contributed by atoms with Gasteiger partial charge in [0.15, 0.2) is 0 Å². The molecule has 0 aliphatic carbocycles. The lowest BCUT2D eigenvalue weighted by molar-refractivity contribution is -0.134. The molecule has 126 heavy (non-hydrogen) atoms. The first-order valence-corrected chi connectivity index (χ1v) is 53.8. The number of piperazine rings is 5. The van der Waals surface area contributed by atoms with E-state index < -0.39 is 11.6 Å². The zero-order valence-electron chi connectivity index (χ0n) is 77.1. The third kappa shape index (κ3) is 50.0. The SMILES string of the molecule is C.CCc1cc(CC)cc(OCN2CCN(C(=O)CS(C)=S)CC2)c1.CCc1cc(CC)cc(OCN2CCN(C(=O)OC(C)(C)C)CC2)c1.CCc1cc(O)cc(CC)c1.CN1CCN(C(=O)OC(C)(C)C)CC1.CS(=S)CC(=O)N1CCN(COc2cc(CO)cc(CO)c2)CC1.CS(=S)CC(=O)O.OCc1cc(CO)cc(OCN2CCNCC2)c1.PP. The molecule has 10 rings (SSSR count). The Balaban J connectivity index is 0.000000509. The second kappa shape index (κ2) is 64.1. The smallest absolute Gasteiger partial charge is 0.410 e. The Labute approximate surface area is 779 Å². The first-order chi connectivity index (χ1) is 59.4. The standard InChI is InChI=1S/C20H32N2O3.C18H28N2O2S2.C16H24N2O4S2.C13H20N2O3.C10H20N2O2.C10H14O.C3H6O2S2.CH4.H4P2/c1-6-16-12-17(7-2)14-18(13-16)24-15-21-8-10-22(11-9-21)19(23)25-20(3,4)5;1-4-15-10-16(5-2)12-17(11-15)22-14-19-6-8-20(9-7-19)18(21)13-24(3)23;1-24(23)11-16(21)18-4-2-17(3-5-18)12-22-15-7-13(9-19)6-14(8-15)10-20;16-8-11-5-12(9-17)7-13(6-11)18-10-15-3-1-14-2-4-15;1-10(2,3)14-9(13)12-7-5-11(4)6-8-12;1-3-8-5-9(4-2)7-10(11)6-8;1-7(6)2-3(4)5;;1-2/h12-14H,6-11,15H2,1-5H3;10-12H,4-9,13-14H2,1-3H3;6-8,19-20H,2-5,9-12H2,1H3;5-7,14,16-17H,1-4,8-10H2;5-8H2,1-4H3;5-7,11H,3-4H2,1-2H3;2H2,1H3,(H,4,5);1H4;1-2H2. The van der Waals surface area contributed by atoms with Crippen LogP contribution in [0.5, 0.6) is 28.7 Å². The van der Waals surface area contributed by atoms with Crippen LogP contribution in [0.15, 0.2) is 91.0 Å². The number of aliphatic hydroxyl groups excluding tert-OH is 4. The van der Waals surface area contributed by atoms with Crippen LogP contribution in [0.2, 0.25) is 0 Å². The molecule has 5 aliphatic heterocycles. The Bertz CT molecular complexity index is 3830. The number of carboxylic acid groups (broad SMARTS) is 1. The van der Waals surface area contributed by atoms with Crippen molar-refractivity contribution in [2.75, 3.05) is 201 Å². The van der Waals surface area contributed by atoms with Crippen LogP contribution in [0.1, 0.15) is 146 Å². The second-order valence-corrected chi connectivity index (χ2v) is 42.0. The molecule has 0 bridgehead atoms. The van der Waals surface area contributed by atoms with Crippen molar-refractivity contribution in [2.45, 2.75) is 167 Å². The number of aryl methyl sites for hydroxylation is 6. The number of benzene rings is 5. The fraction of sp³-hybridized carbons (Fsp3) is 0.615. The van der Waals surface area contributed by atoms with Crippen molar-refractivity contribution >= 4 is 110 Å². The predicted octanol–water partition coefficient (Wildman–Crippen LogP) is 10.2. The zero-order valence-corrected chi connectivity index (χ0v) is 84.3. The highest BCUT2D eigenvalue weighted by atomic mass is 32.8. The molecular weight excluding hydrogens is 1760 g/mol. The fourth-order valence-corrected chi connectivity index (χ4v) is 15.1. The molecule has 0 spiro atoms. The van der Waals surface area contributed by atoms with Gasteiger partial charge < -0.3 is 88.9 Å². The van der Waals surface area contributed by atoms with Crippen LogP contribution >= 0.6 is 17.9 Å². The number of phenols is 1. The van der Waals surface area contributed by atoms with Gasteiger partial charge in [0, 0.05) is 131 Å². The second-order valence-electron chi connectivity index (χ2n) is 32.6. The number of amides is 4. The number of rotatable bonds is 28. The Morgan fingerprint density at radius 2 is 0.603 bits per heavy atom. The average Bonchev–Trinajstić information content (AvgIpc) is 0.878. The van der Waals surface area contributed by atoms with Crippen LogP contribution < -0.4 is 24.3 Å². The van der Waals surface area contributed by atoms with Crippen LogP contribution in [0.25, 0.3) is 0 Å². The lowest BCUT2D eigenvalue weighted by Crippen LogP contribution is -2.50. The van der Waals surface area contributed by atoms with Gasteiger partial charge in [-0.1, -0.05) is 113 Å². The molecule has 5 atom stereocenters. The number of aromatic hydroxyl groups is 1. The fourth-order valence-electron chi connectivity index (χ4n) is 12.7. The van der Waals surface area contributed by atoms with Crippen molar-refractivity contribution in [1.29, 1.82) is 0 Å². The largest absolute Gasteiger partial charge is 0.508 e. The van der Waals surface area contributed by atoms with Gasteiger partial charge in [0.05, 0.1) is 43.7 Å². The van der Waals surface area contributed by atoms with Gasteiger partial charge in [0.25, 0.3) is 0 Å². The molecule has 714 valence electrons. The van der Waals surface area contributed by atoms with Crippen molar-refractivity contribution in [2.24, 2.45) is 0 Å². The highest BCUT2D eigenvalue weighted by Crippen LogP contribution is 2.25. The van der Waals surface area contributed by atoms with E-state index in [4.69, 9.17) is 66.1 Å². The topological polar surface area (TPSA) is 303 Å². The van der Waals surface area contributed by atoms with Crippen LogP contribution in [-0.4, -0.2) is 317 Å². The zero-order chi connectivity index (χ0) is 93.2. The quantitative estimate of drug-likeness (QED) is 0.0229. The van der Waals surface area contributed by atoms with Gasteiger partial charge >= 0.3 is 18.2 Å². The molecule has 0 aromatic heterocycles. The number of carboxylic acids is 1. The summed E-state index contributed by atoms with van der Waals surface area (Å²) in [6, 6.07) is 29.4. The van der Waals surface area contributed by atoms with E-state index in [2.05, 4.69) is 150 Å². The van der Waals surface area contributed by atoms with Crippen molar-refractivity contribution in [3.8, 4) is 28.7 Å². The van der Waals surface area contributed by atoms with E-state index in [1.54, 1.807) is 52.5 Å². The molecular formula is C91H152N10O17P2S6. The number of aliphatic carboxylic acids is 1. The van der Waals surface area contributed by atoms with Crippen molar-refractivity contribution < 1.29 is 83.0 Å². The molecule has 35 heteroatoms. The summed E-state index contributed by atoms with van der Waals surface area (Å²) in [6.45, 7) is 42.4. The Kier molecular flexibility index (Phi) is 59.2. The Hall–Kier alpha value is -5.78. The van der Waals surface area contributed by atoms with Crippen LogP contribution in [-0.2, 0) is 151 Å². The summed E-state index contributed by atoms with van der Waals surface area (Å²) < 4.78 is 34.2. The first kappa shape index (κ1) is 116. The summed E-state index contributed by atoms with van der Waals surface area (Å²) >= 11 is 14.8. The van der Waals surface area contributed by atoms with Crippen LogP contribution in [0, 0.1) is 0 Å². The van der Waals surface area contributed by atoms with E-state index in [1.807, 2.05) is 76.0 Å². The Morgan fingerprint density at radius 3 is 0.833 bits per heavy atom. The molecule has 5 aromatic rings.